The summed E-state index contributed by atoms with van der Waals surface area (Å²) in [7, 11) is 9.79. The Hall–Kier alpha value is -0.0800. The van der Waals surface area contributed by atoms with Crippen LogP contribution >= 0.6 is 0 Å². The molecular weight excluding hydrogens is 364 g/mol. The zero-order chi connectivity index (χ0) is 22.7. The predicted molar refractivity (Wildman–Crippen MR) is 138 cm³/mol. The van der Waals surface area contributed by atoms with Crippen molar-refractivity contribution < 1.29 is 8.97 Å². The lowest BCUT2D eigenvalue weighted by atomic mass is 10.1. The second-order valence-electron chi connectivity index (χ2n) is 11.2. The van der Waals surface area contributed by atoms with Crippen molar-refractivity contribution >= 4 is 0 Å². The van der Waals surface area contributed by atoms with Crippen LogP contribution in [0.3, 0.4) is 0 Å². The van der Waals surface area contributed by atoms with Gasteiger partial charge in [-0.3, -0.25) is 0 Å². The number of rotatable bonds is 22. The highest BCUT2D eigenvalue weighted by molar-refractivity contribution is 4.61. The monoisotopic (exact) mass is 425 g/mol. The number of unbranched alkanes of at least 4 members (excludes halogenated alkanes) is 14. The third-order valence-electron chi connectivity index (χ3n) is 7.23. The molecule has 0 aliphatic rings. The second-order valence-corrected chi connectivity index (χ2v) is 11.2. The first kappa shape index (κ1) is 29.9. The maximum atomic E-state index is 4.34. The van der Waals surface area contributed by atoms with Crippen LogP contribution in [0.5, 0.6) is 0 Å². The van der Waals surface area contributed by atoms with Gasteiger partial charge in [0, 0.05) is 6.42 Å². The van der Waals surface area contributed by atoms with Gasteiger partial charge in [-0.2, -0.15) is 0 Å². The molecule has 0 aromatic carbocycles. The average Bonchev–Trinajstić information content (AvgIpc) is 2.70. The van der Waals surface area contributed by atoms with Gasteiger partial charge in [-0.05, 0) is 32.6 Å². The van der Waals surface area contributed by atoms with E-state index in [0.29, 0.717) is 6.04 Å². The highest BCUT2D eigenvalue weighted by atomic mass is 15.4. The van der Waals surface area contributed by atoms with Gasteiger partial charge in [-0.15, -0.1) is 0 Å². The normalized spacial score (nSPS) is 13.7. The maximum absolute atomic E-state index is 4.34. The molecule has 0 bridgehead atoms. The molecule has 0 saturated heterocycles. The molecule has 0 aliphatic carbocycles. The van der Waals surface area contributed by atoms with E-state index in [2.05, 4.69) is 49.0 Å². The van der Waals surface area contributed by atoms with Crippen molar-refractivity contribution in [2.45, 2.75) is 129 Å². The number of hydrogen-bond donors (Lipinski definition) is 0. The first-order valence-corrected chi connectivity index (χ1v) is 13.7. The minimum absolute atomic E-state index is 0.679. The lowest BCUT2D eigenvalue weighted by molar-refractivity contribution is -0.964. The van der Waals surface area contributed by atoms with Gasteiger partial charge in [0.15, 0.2) is 0 Å². The molecule has 0 heterocycles. The number of likely N-dealkylation sites (N-methyl/N-ethyl adjacent to an activating group) is 2. The summed E-state index contributed by atoms with van der Waals surface area (Å²) in [6, 6.07) is 0.679. The van der Waals surface area contributed by atoms with E-state index < -0.39 is 0 Å². The van der Waals surface area contributed by atoms with Crippen molar-refractivity contribution in [3.05, 3.63) is 6.92 Å². The van der Waals surface area contributed by atoms with Crippen molar-refractivity contribution in [3.8, 4) is 0 Å². The molecule has 1 atom stereocenters. The zero-order valence-corrected chi connectivity index (χ0v) is 22.3. The van der Waals surface area contributed by atoms with Crippen molar-refractivity contribution in [2.24, 2.45) is 0 Å². The molecule has 0 aromatic heterocycles. The Morgan fingerprint density at radius 1 is 0.533 bits per heavy atom. The fourth-order valence-corrected chi connectivity index (χ4v) is 4.83. The van der Waals surface area contributed by atoms with Gasteiger partial charge >= 0.3 is 0 Å². The van der Waals surface area contributed by atoms with E-state index in [9.17, 15) is 0 Å². The fourth-order valence-electron chi connectivity index (χ4n) is 4.83. The zero-order valence-electron chi connectivity index (χ0n) is 22.3. The molecule has 1 unspecified atom stereocenters. The topological polar surface area (TPSA) is 0 Å². The van der Waals surface area contributed by atoms with Crippen LogP contribution in [0.4, 0.5) is 0 Å². The van der Waals surface area contributed by atoms with Crippen LogP contribution in [-0.2, 0) is 0 Å². The maximum Gasteiger partial charge on any atom is 0.138 e. The predicted octanol–water partition coefficient (Wildman–Crippen LogP) is 8.01. The van der Waals surface area contributed by atoms with Gasteiger partial charge < -0.3 is 8.97 Å². The highest BCUT2D eigenvalue weighted by Crippen LogP contribution is 2.18. The summed E-state index contributed by atoms with van der Waals surface area (Å²) in [4.78, 5) is 0. The number of hydrogen-bond acceptors (Lipinski definition) is 0. The van der Waals surface area contributed by atoms with Gasteiger partial charge in [0.1, 0.15) is 12.6 Å². The molecule has 2 nitrogen and oxygen atoms in total. The highest BCUT2D eigenvalue weighted by Gasteiger charge is 2.32. The minimum Gasteiger partial charge on any atom is -0.324 e. The van der Waals surface area contributed by atoms with Crippen LogP contribution in [0.25, 0.3) is 0 Å². The molecule has 0 aromatic rings. The van der Waals surface area contributed by atoms with Crippen LogP contribution in [0.1, 0.15) is 123 Å². The van der Waals surface area contributed by atoms with Gasteiger partial charge in [0.25, 0.3) is 0 Å². The Morgan fingerprint density at radius 2 is 0.900 bits per heavy atom. The molecule has 30 heavy (non-hydrogen) atoms. The average molecular weight is 426 g/mol. The first-order valence-electron chi connectivity index (χ1n) is 13.7. The molecule has 0 rings (SSSR count). The van der Waals surface area contributed by atoms with Gasteiger partial charge in [-0.1, -0.05) is 90.9 Å². The van der Waals surface area contributed by atoms with E-state index in [-0.39, 0.29) is 0 Å². The van der Waals surface area contributed by atoms with E-state index in [1.165, 1.54) is 122 Å². The van der Waals surface area contributed by atoms with Crippen molar-refractivity contribution in [2.75, 3.05) is 47.8 Å². The summed E-state index contributed by atoms with van der Waals surface area (Å²) in [5, 5.41) is 0. The summed E-state index contributed by atoms with van der Waals surface area (Å²) >= 11 is 0. The van der Waals surface area contributed by atoms with E-state index in [1.807, 2.05) is 0 Å². The van der Waals surface area contributed by atoms with E-state index >= 15 is 0 Å². The minimum atomic E-state index is 0.679. The van der Waals surface area contributed by atoms with E-state index in [0.717, 1.165) is 15.4 Å². The Bertz CT molecular complexity index is 362. The lowest BCUT2D eigenvalue weighted by Crippen LogP contribution is -2.58. The third kappa shape index (κ3) is 16.6. The van der Waals surface area contributed by atoms with Gasteiger partial charge in [-0.25, -0.2) is 0 Å². The summed E-state index contributed by atoms with van der Waals surface area (Å²) in [6.07, 6.45) is 23.7. The summed E-state index contributed by atoms with van der Waals surface area (Å²) in [5.74, 6) is 0. The molecule has 1 radical (unpaired) electrons. The summed E-state index contributed by atoms with van der Waals surface area (Å²) < 4.78 is 2.31. The third-order valence-corrected chi connectivity index (χ3v) is 7.23. The largest absolute Gasteiger partial charge is 0.324 e. The number of nitrogens with zero attached hydrogens (tertiary/aromatic N) is 2. The van der Waals surface area contributed by atoms with Crippen LogP contribution in [0.2, 0.25) is 0 Å². The van der Waals surface area contributed by atoms with E-state index in [4.69, 9.17) is 0 Å². The Kier molecular flexibility index (Phi) is 18.4. The fraction of sp³-hybridized carbons (Fsp3) is 0.964. The van der Waals surface area contributed by atoms with Crippen LogP contribution in [-0.4, -0.2) is 62.8 Å². The molecule has 0 amide bonds. The second kappa shape index (κ2) is 18.5. The first-order chi connectivity index (χ1) is 14.3. The van der Waals surface area contributed by atoms with Crippen LogP contribution in [0.15, 0.2) is 0 Å². The SMILES string of the molecule is [CH2]CC(C[N+](C)(C)CCCCCCCCCC)[N+](C)(C)CCCCCCCCCC. The number of quaternary nitrogens is 2. The Morgan fingerprint density at radius 3 is 1.30 bits per heavy atom. The summed E-state index contributed by atoms with van der Waals surface area (Å²) in [5.41, 5.74) is 0. The quantitative estimate of drug-likeness (QED) is 0.122. The van der Waals surface area contributed by atoms with E-state index in [1.54, 1.807) is 0 Å². The standard InChI is InChI=1S/C28H61N2/c1-8-11-13-15-17-19-21-23-25-29(4,5)27-28(10-3)30(6,7)26-24-22-20-18-16-14-12-9-2/h28H,3,8-27H2,1-2,4-7H3/q+2. The molecule has 0 fully saturated rings. The lowest BCUT2D eigenvalue weighted by Gasteiger charge is -2.42. The molecule has 0 saturated carbocycles. The Labute approximate surface area is 193 Å². The molecule has 0 spiro atoms. The van der Waals surface area contributed by atoms with Gasteiger partial charge in [0.05, 0.1) is 41.3 Å². The molecule has 181 valence electrons. The molecule has 0 N–H and O–H groups in total. The molecule has 0 aliphatic heterocycles. The Balaban J connectivity index is 4.07. The van der Waals surface area contributed by atoms with Crippen LogP contribution in [0, 0.1) is 6.92 Å². The molecule has 2 heteroatoms. The van der Waals surface area contributed by atoms with Crippen molar-refractivity contribution in [3.63, 3.8) is 0 Å². The molecular formula is C28H61N2+2. The van der Waals surface area contributed by atoms with Crippen molar-refractivity contribution in [1.82, 2.24) is 0 Å². The van der Waals surface area contributed by atoms with Gasteiger partial charge in [0.2, 0.25) is 0 Å². The summed E-state index contributed by atoms with van der Waals surface area (Å²) in [6.45, 7) is 12.8. The smallest absolute Gasteiger partial charge is 0.138 e. The van der Waals surface area contributed by atoms with Crippen molar-refractivity contribution in [1.29, 1.82) is 0 Å². The van der Waals surface area contributed by atoms with Crippen LogP contribution < -0.4 is 0 Å².